The first-order valence-corrected chi connectivity index (χ1v) is 7.35. The van der Waals surface area contributed by atoms with Crippen LogP contribution in [-0.2, 0) is 11.3 Å². The molecule has 1 N–H and O–H groups in total. The number of carbonyl (C=O) groups is 1. The predicted molar refractivity (Wildman–Crippen MR) is 84.9 cm³/mol. The molecule has 0 aliphatic carbocycles. The van der Waals surface area contributed by atoms with Crippen LogP contribution in [0, 0.1) is 0 Å². The van der Waals surface area contributed by atoms with Crippen molar-refractivity contribution < 1.29 is 4.79 Å². The van der Waals surface area contributed by atoms with E-state index in [1.165, 1.54) is 5.56 Å². The minimum Gasteiger partial charge on any atom is -0.354 e. The van der Waals surface area contributed by atoms with Gasteiger partial charge in [-0.05, 0) is 30.7 Å². The maximum absolute atomic E-state index is 12.1. The van der Waals surface area contributed by atoms with Gasteiger partial charge in [-0.25, -0.2) is 0 Å². The molecule has 3 nitrogen and oxygen atoms in total. The fraction of sp³-hybridized carbons (Fsp3) is 0.188. The van der Waals surface area contributed by atoms with Gasteiger partial charge in [0, 0.05) is 11.0 Å². The van der Waals surface area contributed by atoms with Crippen LogP contribution in [0.3, 0.4) is 0 Å². The van der Waals surface area contributed by atoms with Crippen molar-refractivity contribution in [1.29, 1.82) is 0 Å². The quantitative estimate of drug-likeness (QED) is 0.908. The SMILES string of the molecule is CC1C(=O)Nc2ccc(Br)cc2N1Cc1ccccc1. The molecule has 102 valence electrons. The summed E-state index contributed by atoms with van der Waals surface area (Å²) in [5.41, 5.74) is 3.11. The summed E-state index contributed by atoms with van der Waals surface area (Å²) < 4.78 is 1.01. The van der Waals surface area contributed by atoms with Crippen molar-refractivity contribution in [3.63, 3.8) is 0 Å². The van der Waals surface area contributed by atoms with Crippen molar-refractivity contribution in [3.05, 3.63) is 58.6 Å². The molecule has 0 bridgehead atoms. The Balaban J connectivity index is 2.00. The lowest BCUT2D eigenvalue weighted by Crippen LogP contribution is -2.45. The first-order valence-electron chi connectivity index (χ1n) is 6.56. The number of nitrogens with zero attached hydrogens (tertiary/aromatic N) is 1. The topological polar surface area (TPSA) is 32.3 Å². The molecule has 1 aliphatic rings. The zero-order valence-electron chi connectivity index (χ0n) is 11.1. The standard InChI is InChI=1S/C16H15BrN2O/c1-11-16(20)18-14-8-7-13(17)9-15(14)19(11)10-12-5-3-2-4-6-12/h2-9,11H,10H2,1H3,(H,18,20). The second kappa shape index (κ2) is 5.29. The molecule has 2 aromatic rings. The van der Waals surface area contributed by atoms with E-state index in [1.54, 1.807) is 0 Å². The van der Waals surface area contributed by atoms with E-state index in [9.17, 15) is 4.79 Å². The second-order valence-electron chi connectivity index (χ2n) is 4.94. The molecule has 0 spiro atoms. The number of amides is 1. The van der Waals surface area contributed by atoms with Gasteiger partial charge in [-0.2, -0.15) is 0 Å². The number of rotatable bonds is 2. The summed E-state index contributed by atoms with van der Waals surface area (Å²) in [6, 6.07) is 15.9. The molecule has 1 unspecified atom stereocenters. The van der Waals surface area contributed by atoms with E-state index in [-0.39, 0.29) is 11.9 Å². The summed E-state index contributed by atoms with van der Waals surface area (Å²) in [6.07, 6.45) is 0. The average Bonchev–Trinajstić information content (AvgIpc) is 2.46. The Morgan fingerprint density at radius 3 is 2.70 bits per heavy atom. The Kier molecular flexibility index (Phi) is 3.49. The smallest absolute Gasteiger partial charge is 0.246 e. The van der Waals surface area contributed by atoms with Gasteiger partial charge in [-0.15, -0.1) is 0 Å². The zero-order valence-corrected chi connectivity index (χ0v) is 12.7. The molecule has 20 heavy (non-hydrogen) atoms. The molecule has 2 aromatic carbocycles. The van der Waals surface area contributed by atoms with Gasteiger partial charge in [0.1, 0.15) is 6.04 Å². The fourth-order valence-electron chi connectivity index (χ4n) is 2.44. The Morgan fingerprint density at radius 2 is 1.95 bits per heavy atom. The first kappa shape index (κ1) is 13.2. The monoisotopic (exact) mass is 330 g/mol. The number of fused-ring (bicyclic) bond motifs is 1. The van der Waals surface area contributed by atoms with Crippen LogP contribution in [0.25, 0.3) is 0 Å². The Hall–Kier alpha value is -1.81. The van der Waals surface area contributed by atoms with Crippen LogP contribution in [0.15, 0.2) is 53.0 Å². The lowest BCUT2D eigenvalue weighted by Gasteiger charge is -2.36. The minimum atomic E-state index is -0.183. The third-order valence-electron chi connectivity index (χ3n) is 3.57. The van der Waals surface area contributed by atoms with E-state index < -0.39 is 0 Å². The zero-order chi connectivity index (χ0) is 14.1. The summed E-state index contributed by atoms with van der Waals surface area (Å²) in [5.74, 6) is 0.0377. The number of hydrogen-bond acceptors (Lipinski definition) is 2. The molecule has 1 atom stereocenters. The van der Waals surface area contributed by atoms with Gasteiger partial charge < -0.3 is 10.2 Å². The van der Waals surface area contributed by atoms with Crippen LogP contribution in [0.1, 0.15) is 12.5 Å². The third kappa shape index (κ3) is 2.43. The van der Waals surface area contributed by atoms with E-state index in [1.807, 2.05) is 43.3 Å². The van der Waals surface area contributed by atoms with E-state index >= 15 is 0 Å². The highest BCUT2D eigenvalue weighted by atomic mass is 79.9. The summed E-state index contributed by atoms with van der Waals surface area (Å²) in [5, 5.41) is 2.95. The molecule has 0 saturated carbocycles. The predicted octanol–water partition coefficient (Wildman–Crippen LogP) is 3.80. The normalized spacial score (nSPS) is 17.6. The first-order chi connectivity index (χ1) is 9.65. The van der Waals surface area contributed by atoms with Gasteiger partial charge in [0.05, 0.1) is 11.4 Å². The minimum absolute atomic E-state index is 0.0377. The van der Waals surface area contributed by atoms with E-state index in [2.05, 4.69) is 38.3 Å². The highest BCUT2D eigenvalue weighted by Gasteiger charge is 2.29. The lowest BCUT2D eigenvalue weighted by atomic mass is 10.1. The van der Waals surface area contributed by atoms with Crippen molar-refractivity contribution in [3.8, 4) is 0 Å². The maximum atomic E-state index is 12.1. The van der Waals surface area contributed by atoms with E-state index in [0.29, 0.717) is 0 Å². The molecule has 1 heterocycles. The molecule has 1 amide bonds. The van der Waals surface area contributed by atoms with Crippen LogP contribution in [0.2, 0.25) is 0 Å². The summed E-state index contributed by atoms with van der Waals surface area (Å²) in [7, 11) is 0. The molecule has 1 aliphatic heterocycles. The summed E-state index contributed by atoms with van der Waals surface area (Å²) in [6.45, 7) is 2.65. The number of benzene rings is 2. The van der Waals surface area contributed by atoms with Gasteiger partial charge in [0.15, 0.2) is 0 Å². The van der Waals surface area contributed by atoms with Crippen molar-refractivity contribution in [2.45, 2.75) is 19.5 Å². The molecule has 3 rings (SSSR count). The van der Waals surface area contributed by atoms with Crippen LogP contribution in [-0.4, -0.2) is 11.9 Å². The lowest BCUT2D eigenvalue weighted by molar-refractivity contribution is -0.117. The van der Waals surface area contributed by atoms with E-state index in [0.717, 1.165) is 22.4 Å². The van der Waals surface area contributed by atoms with Gasteiger partial charge in [0.2, 0.25) is 5.91 Å². The van der Waals surface area contributed by atoms with Crippen molar-refractivity contribution >= 4 is 33.2 Å². The van der Waals surface area contributed by atoms with Gasteiger partial charge in [0.25, 0.3) is 0 Å². The average molecular weight is 331 g/mol. The second-order valence-corrected chi connectivity index (χ2v) is 5.86. The number of carbonyl (C=O) groups excluding carboxylic acids is 1. The Morgan fingerprint density at radius 1 is 1.20 bits per heavy atom. The summed E-state index contributed by atoms with van der Waals surface area (Å²) >= 11 is 3.50. The van der Waals surface area contributed by atoms with E-state index in [4.69, 9.17) is 0 Å². The number of nitrogens with one attached hydrogen (secondary N) is 1. The molecule has 0 radical (unpaired) electrons. The molecule has 0 saturated heterocycles. The highest BCUT2D eigenvalue weighted by molar-refractivity contribution is 9.10. The Bertz CT molecular complexity index is 642. The largest absolute Gasteiger partial charge is 0.354 e. The maximum Gasteiger partial charge on any atom is 0.246 e. The van der Waals surface area contributed by atoms with Crippen LogP contribution in [0.5, 0.6) is 0 Å². The van der Waals surface area contributed by atoms with Gasteiger partial charge in [-0.1, -0.05) is 46.3 Å². The highest BCUT2D eigenvalue weighted by Crippen LogP contribution is 2.35. The van der Waals surface area contributed by atoms with Gasteiger partial charge >= 0.3 is 0 Å². The van der Waals surface area contributed by atoms with Crippen LogP contribution in [0.4, 0.5) is 11.4 Å². The number of anilines is 2. The molecule has 0 fully saturated rings. The van der Waals surface area contributed by atoms with Crippen molar-refractivity contribution in [1.82, 2.24) is 0 Å². The number of hydrogen-bond donors (Lipinski definition) is 1. The fourth-order valence-corrected chi connectivity index (χ4v) is 2.79. The Labute approximate surface area is 126 Å². The van der Waals surface area contributed by atoms with Crippen LogP contribution < -0.4 is 10.2 Å². The molecule has 0 aromatic heterocycles. The van der Waals surface area contributed by atoms with Crippen LogP contribution >= 0.6 is 15.9 Å². The van der Waals surface area contributed by atoms with Crippen molar-refractivity contribution in [2.24, 2.45) is 0 Å². The molecule has 4 heteroatoms. The third-order valence-corrected chi connectivity index (χ3v) is 4.06. The number of halogens is 1. The van der Waals surface area contributed by atoms with Gasteiger partial charge in [-0.3, -0.25) is 4.79 Å². The molecular formula is C16H15BrN2O. The van der Waals surface area contributed by atoms with Crippen molar-refractivity contribution in [2.75, 3.05) is 10.2 Å². The molecular weight excluding hydrogens is 316 g/mol. The summed E-state index contributed by atoms with van der Waals surface area (Å²) in [4.78, 5) is 14.2.